The average molecular weight is 336 g/mol. The summed E-state index contributed by atoms with van der Waals surface area (Å²) in [4.78, 5) is 12.6. The Labute approximate surface area is 146 Å². The van der Waals surface area contributed by atoms with Gasteiger partial charge in [0.25, 0.3) is 5.91 Å². The van der Waals surface area contributed by atoms with E-state index in [2.05, 4.69) is 15.6 Å². The third-order valence-electron chi connectivity index (χ3n) is 4.08. The summed E-state index contributed by atoms with van der Waals surface area (Å²) in [5.41, 5.74) is 4.21. The Balaban J connectivity index is 1.87. The Morgan fingerprint density at radius 1 is 1.16 bits per heavy atom. The fraction of sp³-hybridized carbons (Fsp3) is 0.211. The Hall–Kier alpha value is -2.99. The molecule has 2 aromatic carbocycles. The highest BCUT2D eigenvalue weighted by atomic mass is 16.3. The zero-order valence-electron chi connectivity index (χ0n) is 14.4. The highest BCUT2D eigenvalue weighted by molar-refractivity contribution is 6.03. The maximum absolute atomic E-state index is 12.6. The van der Waals surface area contributed by atoms with E-state index in [0.29, 0.717) is 11.4 Å². The topological polar surface area (TPSA) is 80.0 Å². The second-order valence-electron chi connectivity index (χ2n) is 5.98. The van der Waals surface area contributed by atoms with Crippen LogP contribution in [0.4, 0.5) is 5.69 Å². The van der Waals surface area contributed by atoms with Gasteiger partial charge in [-0.25, -0.2) is 4.68 Å². The van der Waals surface area contributed by atoms with Crippen LogP contribution in [0.1, 0.15) is 40.3 Å². The third-order valence-corrected chi connectivity index (χ3v) is 4.08. The van der Waals surface area contributed by atoms with Gasteiger partial charge in [-0.05, 0) is 50.1 Å². The molecule has 0 bridgehead atoms. The zero-order chi connectivity index (χ0) is 18.0. The number of hydrogen-bond acceptors (Lipinski definition) is 4. The smallest absolute Gasteiger partial charge is 0.278 e. The van der Waals surface area contributed by atoms with Crippen molar-refractivity contribution < 1.29 is 9.90 Å². The molecule has 0 aliphatic carbocycles. The highest BCUT2D eigenvalue weighted by Gasteiger charge is 2.18. The monoisotopic (exact) mass is 336 g/mol. The van der Waals surface area contributed by atoms with Crippen molar-refractivity contribution in [2.75, 3.05) is 5.32 Å². The van der Waals surface area contributed by atoms with Gasteiger partial charge in [0, 0.05) is 5.69 Å². The van der Waals surface area contributed by atoms with E-state index in [-0.39, 0.29) is 11.6 Å². The van der Waals surface area contributed by atoms with Crippen LogP contribution < -0.4 is 5.32 Å². The molecule has 0 radical (unpaired) electrons. The molecule has 1 atom stereocenters. The quantitative estimate of drug-likeness (QED) is 0.767. The molecule has 1 unspecified atom stereocenters. The zero-order valence-corrected chi connectivity index (χ0v) is 14.4. The molecule has 6 heteroatoms. The van der Waals surface area contributed by atoms with Crippen LogP contribution in [-0.4, -0.2) is 26.0 Å². The van der Waals surface area contributed by atoms with Gasteiger partial charge in [-0.1, -0.05) is 35.5 Å². The van der Waals surface area contributed by atoms with Crippen LogP contribution in [0.3, 0.4) is 0 Å². The van der Waals surface area contributed by atoms with Gasteiger partial charge in [-0.15, -0.1) is 5.10 Å². The van der Waals surface area contributed by atoms with Gasteiger partial charge in [0.2, 0.25) is 0 Å². The first-order valence-electron chi connectivity index (χ1n) is 8.05. The molecule has 128 valence electrons. The molecule has 0 spiro atoms. The highest BCUT2D eigenvalue weighted by Crippen LogP contribution is 2.19. The predicted molar refractivity (Wildman–Crippen MR) is 95.9 cm³/mol. The Bertz CT molecular complexity index is 915. The summed E-state index contributed by atoms with van der Waals surface area (Å²) < 4.78 is 1.66. The SMILES string of the molecule is Cc1ccccc1-n1nnc(C(=O)Nc2cccc(C(C)O)c2)c1C. The molecule has 0 saturated heterocycles. The Morgan fingerprint density at radius 2 is 1.92 bits per heavy atom. The van der Waals surface area contributed by atoms with E-state index in [4.69, 9.17) is 0 Å². The number of aromatic nitrogens is 3. The van der Waals surface area contributed by atoms with E-state index in [1.807, 2.05) is 38.1 Å². The van der Waals surface area contributed by atoms with Crippen LogP contribution in [0, 0.1) is 13.8 Å². The molecule has 1 heterocycles. The molecule has 1 aromatic heterocycles. The second-order valence-corrected chi connectivity index (χ2v) is 5.98. The summed E-state index contributed by atoms with van der Waals surface area (Å²) >= 11 is 0. The standard InChI is InChI=1S/C19H20N4O2/c1-12-7-4-5-10-17(12)23-13(2)18(21-22-23)19(25)20-16-9-6-8-15(11-16)14(3)24/h4-11,14,24H,1-3H3,(H,20,25). The number of hydrogen-bond donors (Lipinski definition) is 2. The summed E-state index contributed by atoms with van der Waals surface area (Å²) in [6.45, 7) is 5.48. The molecule has 2 N–H and O–H groups in total. The summed E-state index contributed by atoms with van der Waals surface area (Å²) in [5.74, 6) is -0.333. The molecule has 3 rings (SSSR count). The maximum Gasteiger partial charge on any atom is 0.278 e. The number of aryl methyl sites for hydroxylation is 1. The lowest BCUT2D eigenvalue weighted by molar-refractivity contribution is 0.102. The van der Waals surface area contributed by atoms with Crippen LogP contribution in [0.2, 0.25) is 0 Å². The number of carbonyl (C=O) groups is 1. The molecule has 25 heavy (non-hydrogen) atoms. The van der Waals surface area contributed by atoms with E-state index in [1.54, 1.807) is 35.9 Å². The molecule has 1 amide bonds. The fourth-order valence-electron chi connectivity index (χ4n) is 2.64. The van der Waals surface area contributed by atoms with Crippen molar-refractivity contribution in [3.8, 4) is 5.69 Å². The number of rotatable bonds is 4. The first-order valence-corrected chi connectivity index (χ1v) is 8.05. The molecule has 0 aliphatic rings. The van der Waals surface area contributed by atoms with Crippen LogP contribution in [-0.2, 0) is 0 Å². The maximum atomic E-state index is 12.6. The fourth-order valence-corrected chi connectivity index (χ4v) is 2.64. The van der Waals surface area contributed by atoms with Crippen LogP contribution >= 0.6 is 0 Å². The van der Waals surface area contributed by atoms with Gasteiger partial charge in [0.15, 0.2) is 5.69 Å². The number of anilines is 1. The predicted octanol–water partition coefficient (Wildman–Crippen LogP) is 3.19. The molecule has 0 saturated carbocycles. The minimum absolute atomic E-state index is 0.269. The number of benzene rings is 2. The van der Waals surface area contributed by atoms with E-state index >= 15 is 0 Å². The molecular formula is C19H20N4O2. The van der Waals surface area contributed by atoms with E-state index in [1.165, 1.54) is 0 Å². The lowest BCUT2D eigenvalue weighted by Gasteiger charge is -2.09. The third kappa shape index (κ3) is 3.44. The van der Waals surface area contributed by atoms with E-state index in [9.17, 15) is 9.90 Å². The summed E-state index contributed by atoms with van der Waals surface area (Å²) in [5, 5.41) is 20.6. The van der Waals surface area contributed by atoms with Gasteiger partial charge in [-0.3, -0.25) is 4.79 Å². The van der Waals surface area contributed by atoms with Crippen LogP contribution in [0.25, 0.3) is 5.69 Å². The number of para-hydroxylation sites is 1. The van der Waals surface area contributed by atoms with Crippen molar-refractivity contribution in [1.29, 1.82) is 0 Å². The van der Waals surface area contributed by atoms with Gasteiger partial charge >= 0.3 is 0 Å². The minimum Gasteiger partial charge on any atom is -0.389 e. The van der Waals surface area contributed by atoms with Crippen LogP contribution in [0.5, 0.6) is 0 Å². The second kappa shape index (κ2) is 6.86. The summed E-state index contributed by atoms with van der Waals surface area (Å²) in [7, 11) is 0. The number of nitrogens with zero attached hydrogens (tertiary/aromatic N) is 3. The van der Waals surface area contributed by atoms with Crippen molar-refractivity contribution in [1.82, 2.24) is 15.0 Å². The van der Waals surface area contributed by atoms with Crippen molar-refractivity contribution in [3.63, 3.8) is 0 Å². The Kier molecular flexibility index (Phi) is 4.63. The molecule has 0 fully saturated rings. The first-order chi connectivity index (χ1) is 12.0. The van der Waals surface area contributed by atoms with Crippen molar-refractivity contribution >= 4 is 11.6 Å². The normalized spacial score (nSPS) is 12.0. The van der Waals surface area contributed by atoms with Gasteiger partial charge < -0.3 is 10.4 Å². The van der Waals surface area contributed by atoms with Crippen molar-refractivity contribution in [2.24, 2.45) is 0 Å². The van der Waals surface area contributed by atoms with Crippen molar-refractivity contribution in [2.45, 2.75) is 26.9 Å². The van der Waals surface area contributed by atoms with E-state index in [0.717, 1.165) is 16.8 Å². The summed E-state index contributed by atoms with van der Waals surface area (Å²) in [6.07, 6.45) is -0.597. The summed E-state index contributed by atoms with van der Waals surface area (Å²) in [6, 6.07) is 14.9. The van der Waals surface area contributed by atoms with E-state index < -0.39 is 6.10 Å². The lowest BCUT2D eigenvalue weighted by atomic mass is 10.1. The molecular weight excluding hydrogens is 316 g/mol. The first kappa shape index (κ1) is 16.9. The van der Waals surface area contributed by atoms with Crippen molar-refractivity contribution in [3.05, 3.63) is 71.0 Å². The van der Waals surface area contributed by atoms with Gasteiger partial charge in [0.1, 0.15) is 0 Å². The average Bonchev–Trinajstić information content (AvgIpc) is 2.97. The molecule has 0 aliphatic heterocycles. The Morgan fingerprint density at radius 3 is 2.64 bits per heavy atom. The molecule has 3 aromatic rings. The number of amides is 1. The number of carbonyl (C=O) groups excluding carboxylic acids is 1. The molecule has 6 nitrogen and oxygen atoms in total. The van der Waals surface area contributed by atoms with Crippen LogP contribution in [0.15, 0.2) is 48.5 Å². The number of aliphatic hydroxyl groups excluding tert-OH is 1. The largest absolute Gasteiger partial charge is 0.389 e. The lowest BCUT2D eigenvalue weighted by Crippen LogP contribution is -2.14. The van der Waals surface area contributed by atoms with Gasteiger partial charge in [0.05, 0.1) is 17.5 Å². The minimum atomic E-state index is -0.597. The van der Waals surface area contributed by atoms with Gasteiger partial charge in [-0.2, -0.15) is 0 Å². The number of nitrogens with one attached hydrogen (secondary N) is 1. The number of aliphatic hydroxyl groups is 1.